The van der Waals surface area contributed by atoms with Gasteiger partial charge in [-0.3, -0.25) is 14.4 Å². The maximum Gasteiger partial charge on any atom is 0.255 e. The molecule has 2 aromatic carbocycles. The Morgan fingerprint density at radius 3 is 2.45 bits per heavy atom. The van der Waals surface area contributed by atoms with Gasteiger partial charge in [0, 0.05) is 30.3 Å². The molecule has 0 radical (unpaired) electrons. The molecule has 0 spiro atoms. The first-order valence-electron chi connectivity index (χ1n) is 8.96. The van der Waals surface area contributed by atoms with Crippen molar-refractivity contribution in [2.24, 2.45) is 10.2 Å². The summed E-state index contributed by atoms with van der Waals surface area (Å²) in [6.45, 7) is 1.54. The van der Waals surface area contributed by atoms with Gasteiger partial charge in [-0.15, -0.1) is 16.9 Å². The summed E-state index contributed by atoms with van der Waals surface area (Å²) >= 11 is 1.38. The van der Waals surface area contributed by atoms with E-state index in [1.165, 1.54) is 18.7 Å². The smallest absolute Gasteiger partial charge is 0.255 e. The van der Waals surface area contributed by atoms with Gasteiger partial charge < -0.3 is 10.6 Å². The van der Waals surface area contributed by atoms with Gasteiger partial charge in [-0.25, -0.2) is 0 Å². The zero-order valence-corrected chi connectivity index (χ0v) is 16.9. The van der Waals surface area contributed by atoms with Crippen molar-refractivity contribution in [3.63, 3.8) is 0 Å². The zero-order valence-electron chi connectivity index (χ0n) is 16.1. The quantitative estimate of drug-likeness (QED) is 0.767. The number of anilines is 1. The molecule has 2 N–H and O–H groups in total. The van der Waals surface area contributed by atoms with Gasteiger partial charge in [0.15, 0.2) is 0 Å². The molecule has 0 saturated carbocycles. The third-order valence-electron chi connectivity index (χ3n) is 4.11. The molecule has 0 fully saturated rings. The molecule has 0 aliphatic carbocycles. The highest BCUT2D eigenvalue weighted by atomic mass is 32.2. The van der Waals surface area contributed by atoms with Crippen molar-refractivity contribution in [1.82, 2.24) is 5.32 Å². The summed E-state index contributed by atoms with van der Waals surface area (Å²) in [6, 6.07) is 13.9. The average molecular weight is 408 g/mol. The van der Waals surface area contributed by atoms with Crippen molar-refractivity contribution in [3.05, 3.63) is 65.2 Å². The number of ketones is 1. The van der Waals surface area contributed by atoms with E-state index in [9.17, 15) is 14.4 Å². The Bertz CT molecular complexity index is 1030. The lowest BCUT2D eigenvalue weighted by Gasteiger charge is -2.08. The molecule has 7 nitrogen and oxygen atoms in total. The van der Waals surface area contributed by atoms with Crippen molar-refractivity contribution < 1.29 is 14.4 Å². The van der Waals surface area contributed by atoms with Gasteiger partial charge >= 0.3 is 0 Å². The fraction of sp³-hybridized carbons (Fsp3) is 0.190. The fourth-order valence-corrected chi connectivity index (χ4v) is 3.39. The van der Waals surface area contributed by atoms with Gasteiger partial charge in [-0.1, -0.05) is 18.2 Å². The van der Waals surface area contributed by atoms with Gasteiger partial charge in [-0.2, -0.15) is 5.10 Å². The predicted molar refractivity (Wildman–Crippen MR) is 116 cm³/mol. The number of benzene rings is 2. The van der Waals surface area contributed by atoms with E-state index < -0.39 is 0 Å². The second-order valence-electron chi connectivity index (χ2n) is 6.40. The van der Waals surface area contributed by atoms with E-state index in [-0.39, 0.29) is 17.6 Å². The summed E-state index contributed by atoms with van der Waals surface area (Å²) < 4.78 is 0. The molecule has 148 valence electrons. The topological polar surface area (TPSA) is 100.0 Å². The molecule has 0 saturated heterocycles. The van der Waals surface area contributed by atoms with E-state index in [1.807, 2.05) is 6.07 Å². The number of hydrogen-bond donors (Lipinski definition) is 2. The Morgan fingerprint density at radius 2 is 1.72 bits per heavy atom. The van der Waals surface area contributed by atoms with Crippen LogP contribution >= 0.6 is 11.8 Å². The number of rotatable bonds is 6. The number of carbonyl (C=O) groups excluding carboxylic acids is 3. The number of carbonyl (C=O) groups is 3. The molecule has 3 rings (SSSR count). The summed E-state index contributed by atoms with van der Waals surface area (Å²) in [5.41, 5.74) is 3.03. The average Bonchev–Trinajstić information content (AvgIpc) is 3.21. The first-order valence-corrected chi connectivity index (χ1v) is 9.94. The van der Waals surface area contributed by atoms with E-state index in [0.29, 0.717) is 29.0 Å². The molecule has 29 heavy (non-hydrogen) atoms. The Hall–Kier alpha value is -3.26. The summed E-state index contributed by atoms with van der Waals surface area (Å²) in [5.74, 6) is -0.0446. The lowest BCUT2D eigenvalue weighted by Crippen LogP contribution is -2.18. The van der Waals surface area contributed by atoms with Gasteiger partial charge in [-0.05, 0) is 42.8 Å². The van der Waals surface area contributed by atoms with Gasteiger partial charge in [0.2, 0.25) is 0 Å². The van der Waals surface area contributed by atoms with Crippen molar-refractivity contribution in [2.75, 3.05) is 18.1 Å². The molecule has 8 heteroatoms. The van der Waals surface area contributed by atoms with Crippen molar-refractivity contribution in [1.29, 1.82) is 0 Å². The summed E-state index contributed by atoms with van der Waals surface area (Å²) in [4.78, 5) is 35.5. The minimum Gasteiger partial charge on any atom is -0.355 e. The van der Waals surface area contributed by atoms with Crippen LogP contribution in [0, 0.1) is 0 Å². The van der Waals surface area contributed by atoms with Crippen LogP contribution in [0.1, 0.15) is 39.6 Å². The molecular formula is C21H20N4O3S. The number of thioether (sulfide) groups is 1. The Kier molecular flexibility index (Phi) is 6.56. The van der Waals surface area contributed by atoms with Crippen molar-refractivity contribution in [3.8, 4) is 0 Å². The van der Waals surface area contributed by atoms with E-state index in [1.54, 1.807) is 49.5 Å². The SMILES string of the molecule is CNC(=O)c1cccc(NC(=O)c2cccc(C3=NN=C(SCC(C)=O)C3)c2)c1. The highest BCUT2D eigenvalue weighted by molar-refractivity contribution is 8.14. The van der Waals surface area contributed by atoms with E-state index in [0.717, 1.165) is 16.3 Å². The van der Waals surface area contributed by atoms with E-state index >= 15 is 0 Å². The van der Waals surface area contributed by atoms with Crippen LogP contribution in [-0.4, -0.2) is 41.2 Å². The maximum absolute atomic E-state index is 12.7. The molecule has 1 aliphatic rings. The number of hydrogen-bond acceptors (Lipinski definition) is 6. The van der Waals surface area contributed by atoms with Crippen LogP contribution in [0.15, 0.2) is 58.7 Å². The normalized spacial score (nSPS) is 12.8. The third-order valence-corrected chi connectivity index (χ3v) is 5.22. The standard InChI is InChI=1S/C21H20N4O3S/c1-13(26)12-29-19-11-18(24-25-19)14-5-3-6-15(9-14)21(28)23-17-8-4-7-16(10-17)20(27)22-2/h3-10H,11-12H2,1-2H3,(H,22,27)(H,23,28). The van der Waals surface area contributed by atoms with Crippen LogP contribution in [0.3, 0.4) is 0 Å². The maximum atomic E-state index is 12.7. The lowest BCUT2D eigenvalue weighted by molar-refractivity contribution is -0.114. The largest absolute Gasteiger partial charge is 0.355 e. The number of nitrogens with zero attached hydrogens (tertiary/aromatic N) is 2. The van der Waals surface area contributed by atoms with Crippen LogP contribution in [-0.2, 0) is 4.79 Å². The summed E-state index contributed by atoms with van der Waals surface area (Å²) in [7, 11) is 1.55. The number of Topliss-reactive ketones (excluding diaryl/α,β-unsaturated/α-hetero) is 1. The molecule has 1 heterocycles. The molecular weight excluding hydrogens is 388 g/mol. The van der Waals surface area contributed by atoms with E-state index in [2.05, 4.69) is 20.8 Å². The second-order valence-corrected chi connectivity index (χ2v) is 7.45. The van der Waals surface area contributed by atoms with E-state index in [4.69, 9.17) is 0 Å². The zero-order chi connectivity index (χ0) is 20.8. The molecule has 2 aromatic rings. The number of nitrogens with one attached hydrogen (secondary N) is 2. The van der Waals surface area contributed by atoms with Gasteiger partial charge in [0.25, 0.3) is 11.8 Å². The van der Waals surface area contributed by atoms with Crippen molar-refractivity contribution >= 4 is 45.8 Å². The molecule has 0 unspecified atom stereocenters. The summed E-state index contributed by atoms with van der Waals surface area (Å²) in [6.07, 6.45) is 0.539. The molecule has 1 aliphatic heterocycles. The van der Waals surface area contributed by atoms with Gasteiger partial charge in [0.05, 0.1) is 11.5 Å². The molecule has 0 bridgehead atoms. The van der Waals surface area contributed by atoms with Crippen LogP contribution in [0.2, 0.25) is 0 Å². The van der Waals surface area contributed by atoms with Gasteiger partial charge in [0.1, 0.15) is 10.8 Å². The van der Waals surface area contributed by atoms with Crippen LogP contribution < -0.4 is 10.6 Å². The molecule has 0 aromatic heterocycles. The monoisotopic (exact) mass is 408 g/mol. The van der Waals surface area contributed by atoms with Crippen LogP contribution in [0.25, 0.3) is 0 Å². The molecule has 2 amide bonds. The Morgan fingerprint density at radius 1 is 1.00 bits per heavy atom. The predicted octanol–water partition coefficient (Wildman–Crippen LogP) is 3.13. The highest BCUT2D eigenvalue weighted by Crippen LogP contribution is 2.20. The minimum atomic E-state index is -0.286. The summed E-state index contributed by atoms with van der Waals surface area (Å²) in [5, 5.41) is 14.5. The lowest BCUT2D eigenvalue weighted by atomic mass is 10.0. The first-order chi connectivity index (χ1) is 14.0. The Labute approximate surface area is 172 Å². The van der Waals surface area contributed by atoms with Crippen LogP contribution in [0.5, 0.6) is 0 Å². The highest BCUT2D eigenvalue weighted by Gasteiger charge is 2.17. The fourth-order valence-electron chi connectivity index (χ4n) is 2.68. The second kappa shape index (κ2) is 9.29. The Balaban J connectivity index is 1.68. The molecule has 0 atom stereocenters. The van der Waals surface area contributed by atoms with Crippen LogP contribution in [0.4, 0.5) is 5.69 Å². The first kappa shape index (κ1) is 20.5. The minimum absolute atomic E-state index is 0.0882. The third kappa shape index (κ3) is 5.39. The number of amides is 2. The van der Waals surface area contributed by atoms with Crippen molar-refractivity contribution in [2.45, 2.75) is 13.3 Å².